The van der Waals surface area contributed by atoms with Crippen molar-refractivity contribution in [1.82, 2.24) is 14.8 Å². The Morgan fingerprint density at radius 3 is 3.10 bits per heavy atom. The van der Waals surface area contributed by atoms with E-state index in [1.807, 2.05) is 0 Å². The van der Waals surface area contributed by atoms with E-state index in [1.54, 1.807) is 18.1 Å². The lowest BCUT2D eigenvalue weighted by atomic mass is 10.7. The zero-order valence-electron chi connectivity index (χ0n) is 5.62. The third kappa shape index (κ3) is 2.22. The fourth-order valence-corrected chi connectivity index (χ4v) is 0.966. The van der Waals surface area contributed by atoms with Crippen molar-refractivity contribution in [3.63, 3.8) is 0 Å². The molecule has 56 valence electrons. The number of hydrogen-bond acceptors (Lipinski definition) is 3. The van der Waals surface area contributed by atoms with E-state index in [4.69, 9.17) is 4.74 Å². The predicted octanol–water partition coefficient (Wildman–Crippen LogP) is 0.529. The summed E-state index contributed by atoms with van der Waals surface area (Å²) < 4.78 is 7.39. The summed E-state index contributed by atoms with van der Waals surface area (Å²) >= 11 is 2.07. The molecule has 0 aromatic carbocycles. The first-order valence-electron chi connectivity index (χ1n) is 2.87. The normalized spacial score (nSPS) is 10.2. The van der Waals surface area contributed by atoms with Crippen molar-refractivity contribution in [1.29, 1.82) is 0 Å². The van der Waals surface area contributed by atoms with Crippen molar-refractivity contribution < 1.29 is 4.74 Å². The molecule has 10 heavy (non-hydrogen) atoms. The Hall–Kier alpha value is -0.170. The van der Waals surface area contributed by atoms with Gasteiger partial charge in [0.25, 0.3) is 0 Å². The summed E-state index contributed by atoms with van der Waals surface area (Å²) in [5.74, 6) is 0. The van der Waals surface area contributed by atoms with E-state index in [0.717, 1.165) is 10.4 Å². The number of nitrogens with zero attached hydrogens (tertiary/aromatic N) is 3. The summed E-state index contributed by atoms with van der Waals surface area (Å²) in [4.78, 5) is 3.95. The summed E-state index contributed by atoms with van der Waals surface area (Å²) in [6, 6.07) is 0. The highest BCUT2D eigenvalue weighted by Crippen LogP contribution is 1.93. The van der Waals surface area contributed by atoms with Gasteiger partial charge in [-0.2, -0.15) is 0 Å². The van der Waals surface area contributed by atoms with Crippen molar-refractivity contribution in [3.05, 3.63) is 10.2 Å². The lowest BCUT2D eigenvalue weighted by Crippen LogP contribution is -2.04. The van der Waals surface area contributed by atoms with Crippen LogP contribution in [0, 0.1) is 3.83 Å². The van der Waals surface area contributed by atoms with Gasteiger partial charge in [0.1, 0.15) is 6.33 Å². The Balaban J connectivity index is 2.42. The lowest BCUT2D eigenvalue weighted by Gasteiger charge is -1.96. The van der Waals surface area contributed by atoms with Gasteiger partial charge in [0.2, 0.25) is 3.83 Å². The van der Waals surface area contributed by atoms with E-state index in [0.29, 0.717) is 6.61 Å². The van der Waals surface area contributed by atoms with E-state index in [1.165, 1.54) is 0 Å². The van der Waals surface area contributed by atoms with Crippen molar-refractivity contribution in [2.24, 2.45) is 0 Å². The average Bonchev–Trinajstić information content (AvgIpc) is 2.31. The van der Waals surface area contributed by atoms with Crippen LogP contribution in [0.3, 0.4) is 0 Å². The second-order valence-electron chi connectivity index (χ2n) is 1.77. The summed E-state index contributed by atoms with van der Waals surface area (Å²) in [6.07, 6.45) is 1.70. The van der Waals surface area contributed by atoms with E-state index < -0.39 is 0 Å². The fraction of sp³-hybridized carbons (Fsp3) is 0.600. The van der Waals surface area contributed by atoms with E-state index in [-0.39, 0.29) is 0 Å². The van der Waals surface area contributed by atoms with Gasteiger partial charge in [0, 0.05) is 29.7 Å². The number of ether oxygens (including phenoxy) is 1. The molecule has 0 atom stereocenters. The fourth-order valence-electron chi connectivity index (χ4n) is 0.564. The van der Waals surface area contributed by atoms with Gasteiger partial charge in [-0.3, -0.25) is 0 Å². The summed E-state index contributed by atoms with van der Waals surface area (Å²) in [5, 5.41) is 4.06. The molecule has 0 aliphatic rings. The minimum atomic E-state index is 0.680. The molecule has 5 heteroatoms. The summed E-state index contributed by atoms with van der Waals surface area (Å²) in [6.45, 7) is 1.45. The molecule has 1 rings (SSSR count). The van der Waals surface area contributed by atoms with Crippen molar-refractivity contribution in [3.8, 4) is 0 Å². The summed E-state index contributed by atoms with van der Waals surface area (Å²) in [7, 11) is 1.67. The van der Waals surface area contributed by atoms with Crippen LogP contribution in [-0.4, -0.2) is 28.5 Å². The van der Waals surface area contributed by atoms with E-state index >= 15 is 0 Å². The van der Waals surface area contributed by atoms with Crippen LogP contribution in [-0.2, 0) is 11.3 Å². The minimum absolute atomic E-state index is 0.680. The maximum absolute atomic E-state index is 4.86. The zero-order valence-corrected chi connectivity index (χ0v) is 7.78. The Morgan fingerprint density at radius 1 is 1.80 bits per heavy atom. The lowest BCUT2D eigenvalue weighted by molar-refractivity contribution is 0.183. The predicted molar refractivity (Wildman–Crippen MR) is 44.6 cm³/mol. The standard InChI is InChI=1S/C5H8IN3O/c1-10-3-2-9-4-7-5(6)8-9/h4H,2-3H2,1H3. The van der Waals surface area contributed by atoms with Gasteiger partial charge in [0.05, 0.1) is 13.2 Å². The van der Waals surface area contributed by atoms with E-state index in [9.17, 15) is 0 Å². The van der Waals surface area contributed by atoms with Crippen LogP contribution < -0.4 is 0 Å². The Kier molecular flexibility index (Phi) is 3.07. The van der Waals surface area contributed by atoms with Gasteiger partial charge in [-0.25, -0.2) is 9.67 Å². The Labute approximate surface area is 72.7 Å². The van der Waals surface area contributed by atoms with Crippen molar-refractivity contribution in [2.45, 2.75) is 6.54 Å². The van der Waals surface area contributed by atoms with Gasteiger partial charge in [-0.1, -0.05) is 0 Å². The molecule has 0 spiro atoms. The van der Waals surface area contributed by atoms with Gasteiger partial charge >= 0.3 is 0 Å². The molecule has 1 heterocycles. The molecule has 1 aromatic rings. The molecule has 0 N–H and O–H groups in total. The molecule has 0 aliphatic carbocycles. The van der Waals surface area contributed by atoms with Crippen LogP contribution in [0.4, 0.5) is 0 Å². The number of halogens is 1. The topological polar surface area (TPSA) is 39.9 Å². The Bertz CT molecular complexity index is 201. The molecule has 0 fully saturated rings. The molecule has 0 saturated heterocycles. The maximum atomic E-state index is 4.86. The highest BCUT2D eigenvalue weighted by atomic mass is 127. The quantitative estimate of drug-likeness (QED) is 0.737. The molecule has 1 aromatic heterocycles. The minimum Gasteiger partial charge on any atom is -0.383 e. The van der Waals surface area contributed by atoms with Crippen LogP contribution >= 0.6 is 22.6 Å². The molecule has 0 bridgehead atoms. The summed E-state index contributed by atoms with van der Waals surface area (Å²) in [5.41, 5.74) is 0. The highest BCUT2D eigenvalue weighted by molar-refractivity contribution is 14.1. The molecule has 0 radical (unpaired) electrons. The van der Waals surface area contributed by atoms with Crippen molar-refractivity contribution in [2.75, 3.05) is 13.7 Å². The van der Waals surface area contributed by atoms with Crippen LogP contribution in [0.5, 0.6) is 0 Å². The molecule has 0 unspecified atom stereocenters. The Morgan fingerprint density at radius 2 is 2.60 bits per heavy atom. The SMILES string of the molecule is COCCn1cnc(I)n1. The molecule has 0 amide bonds. The monoisotopic (exact) mass is 253 g/mol. The first-order chi connectivity index (χ1) is 4.83. The zero-order chi connectivity index (χ0) is 7.40. The second kappa shape index (κ2) is 3.87. The molecule has 0 aliphatic heterocycles. The van der Waals surface area contributed by atoms with Crippen LogP contribution in [0.2, 0.25) is 0 Å². The third-order valence-electron chi connectivity index (χ3n) is 1.03. The first kappa shape index (κ1) is 7.93. The number of aromatic nitrogens is 3. The van der Waals surface area contributed by atoms with Crippen LogP contribution in [0.25, 0.3) is 0 Å². The van der Waals surface area contributed by atoms with Gasteiger partial charge in [-0.15, -0.1) is 5.10 Å². The second-order valence-corrected chi connectivity index (χ2v) is 2.73. The van der Waals surface area contributed by atoms with Gasteiger partial charge in [0.15, 0.2) is 0 Å². The highest BCUT2D eigenvalue weighted by Gasteiger charge is 1.93. The van der Waals surface area contributed by atoms with Crippen LogP contribution in [0.1, 0.15) is 0 Å². The van der Waals surface area contributed by atoms with E-state index in [2.05, 4.69) is 32.7 Å². The number of methoxy groups -OCH3 is 1. The third-order valence-corrected chi connectivity index (χ3v) is 1.53. The largest absolute Gasteiger partial charge is 0.383 e. The van der Waals surface area contributed by atoms with Crippen molar-refractivity contribution >= 4 is 22.6 Å². The van der Waals surface area contributed by atoms with Gasteiger partial charge < -0.3 is 4.74 Å². The smallest absolute Gasteiger partial charge is 0.211 e. The first-order valence-corrected chi connectivity index (χ1v) is 3.94. The number of rotatable bonds is 3. The molecule has 0 saturated carbocycles. The molecular formula is C5H8IN3O. The number of hydrogen-bond donors (Lipinski definition) is 0. The average molecular weight is 253 g/mol. The molecular weight excluding hydrogens is 245 g/mol. The maximum Gasteiger partial charge on any atom is 0.211 e. The van der Waals surface area contributed by atoms with Crippen LogP contribution in [0.15, 0.2) is 6.33 Å². The molecule has 4 nitrogen and oxygen atoms in total. The van der Waals surface area contributed by atoms with Gasteiger partial charge in [-0.05, 0) is 0 Å².